The standard InChI is InChI=1S/C44H74N6O8/c1-13-28(6)39(49(10)43(54)37(27(4)5)47-42(53)36(45-9)26(2)3)35(56-11)25-34(51)32-21-22-33(46-32)40(57-12)30(8)41(52)48-38(29(7)31-19-15-14-16-20-31)44(55)50-23-17-18-24-58-50/h14-16,19-20,26-30,32-33,35-40,45-46H,13,17-18,21-25H2,1-12H3,(H,47,53)(H,48,52)/t28-,29-,30+,32?,33-,35+,36-,37-,38-,39-,40+/m0/s1. The maximum absolute atomic E-state index is 14.2. The number of hydrogen-bond acceptors (Lipinski definition) is 10. The van der Waals surface area contributed by atoms with Crippen LogP contribution in [0.1, 0.15) is 105 Å². The predicted molar refractivity (Wildman–Crippen MR) is 224 cm³/mol. The minimum atomic E-state index is -0.856. The number of hydroxylamine groups is 2. The maximum atomic E-state index is 14.2. The van der Waals surface area contributed by atoms with Crippen LogP contribution < -0.4 is 21.3 Å². The Hall–Kier alpha value is -3.43. The van der Waals surface area contributed by atoms with Gasteiger partial charge >= 0.3 is 0 Å². The Kier molecular flexibility index (Phi) is 19.7. The normalized spacial score (nSPS) is 21.9. The zero-order valence-electron chi connectivity index (χ0n) is 37.2. The lowest BCUT2D eigenvalue weighted by atomic mass is 9.88. The fourth-order valence-electron chi connectivity index (χ4n) is 8.52. The van der Waals surface area contributed by atoms with Crippen LogP contribution >= 0.6 is 0 Å². The van der Waals surface area contributed by atoms with Crippen molar-refractivity contribution in [3.63, 3.8) is 0 Å². The zero-order chi connectivity index (χ0) is 43.3. The maximum Gasteiger partial charge on any atom is 0.269 e. The average molecular weight is 815 g/mol. The second kappa shape index (κ2) is 23.4. The molecular formula is C44H74N6O8. The largest absolute Gasteiger partial charge is 0.379 e. The number of nitrogens with one attached hydrogen (secondary N) is 4. The summed E-state index contributed by atoms with van der Waals surface area (Å²) < 4.78 is 11.9. The van der Waals surface area contributed by atoms with Crippen molar-refractivity contribution in [1.82, 2.24) is 31.2 Å². The number of nitrogens with zero attached hydrogens (tertiary/aromatic N) is 2. The van der Waals surface area contributed by atoms with Crippen molar-refractivity contribution in [3.05, 3.63) is 35.9 Å². The Morgan fingerprint density at radius 1 is 0.879 bits per heavy atom. The first-order chi connectivity index (χ1) is 27.5. The third-order valence-corrected chi connectivity index (χ3v) is 12.4. The highest BCUT2D eigenvalue weighted by Crippen LogP contribution is 2.28. The second-order valence-corrected chi connectivity index (χ2v) is 17.1. The molecule has 1 unspecified atom stereocenters. The van der Waals surface area contributed by atoms with Gasteiger partial charge in [-0.05, 0) is 56.0 Å². The molecule has 11 atom stereocenters. The highest BCUT2D eigenvalue weighted by atomic mass is 16.7. The lowest BCUT2D eigenvalue weighted by Gasteiger charge is -2.40. The number of benzene rings is 1. The molecule has 0 saturated carbocycles. The first-order valence-corrected chi connectivity index (χ1v) is 21.4. The van der Waals surface area contributed by atoms with Gasteiger partial charge in [-0.1, -0.05) is 92.1 Å². The number of amides is 4. The molecule has 58 heavy (non-hydrogen) atoms. The van der Waals surface area contributed by atoms with Gasteiger partial charge in [-0.2, -0.15) is 0 Å². The summed E-state index contributed by atoms with van der Waals surface area (Å²) in [5, 5.41) is 13.9. The Labute approximate surface area is 347 Å². The quantitative estimate of drug-likeness (QED) is 0.135. The van der Waals surface area contributed by atoms with E-state index in [-0.39, 0.29) is 65.5 Å². The van der Waals surface area contributed by atoms with E-state index in [2.05, 4.69) is 21.3 Å². The topological polar surface area (TPSA) is 168 Å². The van der Waals surface area contributed by atoms with Gasteiger partial charge in [-0.25, -0.2) is 5.06 Å². The first-order valence-electron chi connectivity index (χ1n) is 21.4. The van der Waals surface area contributed by atoms with Crippen LogP contribution in [0.25, 0.3) is 0 Å². The fraction of sp³-hybridized carbons (Fsp3) is 0.750. The molecule has 1 aromatic carbocycles. The molecule has 0 radical (unpaired) electrons. The first kappa shape index (κ1) is 48.9. The van der Waals surface area contributed by atoms with Crippen LogP contribution in [0.3, 0.4) is 0 Å². The zero-order valence-corrected chi connectivity index (χ0v) is 37.2. The Balaban J connectivity index is 1.73. The van der Waals surface area contributed by atoms with Crippen molar-refractivity contribution in [2.24, 2.45) is 23.7 Å². The molecule has 2 heterocycles. The number of hydrogen-bond donors (Lipinski definition) is 4. The molecule has 14 heteroatoms. The molecule has 328 valence electrons. The SMILES string of the molecule is CC[C@H](C)[C@@H]([C@@H](CC(=O)C1CC[C@@H]([C@H](OC)[C@@H](C)C(=O)N[C@H](C(=O)N2CCCCO2)[C@@H](C)c2ccccc2)N1)OC)N(C)C(=O)[C@@H](NC(=O)[C@@H](NC)C(C)C)C(C)C. The van der Waals surface area contributed by atoms with Crippen LogP contribution in [0.5, 0.6) is 0 Å². The van der Waals surface area contributed by atoms with E-state index in [1.165, 1.54) is 5.06 Å². The minimum absolute atomic E-state index is 0.0146. The van der Waals surface area contributed by atoms with E-state index in [1.54, 1.807) is 40.1 Å². The molecule has 0 bridgehead atoms. The molecular weight excluding hydrogens is 741 g/mol. The molecule has 14 nitrogen and oxygen atoms in total. The van der Waals surface area contributed by atoms with E-state index in [0.717, 1.165) is 24.8 Å². The highest BCUT2D eigenvalue weighted by molar-refractivity contribution is 5.91. The summed E-state index contributed by atoms with van der Waals surface area (Å²) in [7, 11) is 6.58. The number of rotatable bonds is 22. The van der Waals surface area contributed by atoms with Gasteiger partial charge in [0.25, 0.3) is 5.91 Å². The summed E-state index contributed by atoms with van der Waals surface area (Å²) in [6.07, 6.45) is 2.46. The van der Waals surface area contributed by atoms with Crippen LogP contribution in [-0.2, 0) is 38.3 Å². The van der Waals surface area contributed by atoms with Crippen molar-refractivity contribution >= 4 is 29.4 Å². The van der Waals surface area contributed by atoms with E-state index in [0.29, 0.717) is 26.0 Å². The van der Waals surface area contributed by atoms with Gasteiger partial charge in [0.05, 0.1) is 42.9 Å². The van der Waals surface area contributed by atoms with Gasteiger partial charge in [-0.3, -0.25) is 28.8 Å². The van der Waals surface area contributed by atoms with Crippen LogP contribution in [-0.4, -0.2) is 129 Å². The van der Waals surface area contributed by atoms with Crippen LogP contribution in [0.2, 0.25) is 0 Å². The third-order valence-electron chi connectivity index (χ3n) is 12.4. The number of ether oxygens (including phenoxy) is 2. The third kappa shape index (κ3) is 12.5. The van der Waals surface area contributed by atoms with E-state index >= 15 is 0 Å². The number of carbonyl (C=O) groups is 5. The molecule has 3 rings (SSSR count). The van der Waals surface area contributed by atoms with Crippen molar-refractivity contribution in [1.29, 1.82) is 0 Å². The van der Waals surface area contributed by atoms with E-state index in [4.69, 9.17) is 14.3 Å². The summed E-state index contributed by atoms with van der Waals surface area (Å²) in [5.74, 6) is -2.28. The molecule has 2 fully saturated rings. The number of carbonyl (C=O) groups excluding carboxylic acids is 5. The Bertz CT molecular complexity index is 1470. The fourth-order valence-corrected chi connectivity index (χ4v) is 8.52. The molecule has 2 saturated heterocycles. The minimum Gasteiger partial charge on any atom is -0.379 e. The van der Waals surface area contributed by atoms with Gasteiger partial charge in [-0.15, -0.1) is 0 Å². The van der Waals surface area contributed by atoms with Crippen LogP contribution in [0, 0.1) is 23.7 Å². The Morgan fingerprint density at radius 2 is 1.52 bits per heavy atom. The highest BCUT2D eigenvalue weighted by Gasteiger charge is 2.43. The van der Waals surface area contributed by atoms with Gasteiger partial charge in [0.2, 0.25) is 17.7 Å². The lowest BCUT2D eigenvalue weighted by Crippen LogP contribution is -2.59. The van der Waals surface area contributed by atoms with Gasteiger partial charge in [0, 0.05) is 46.2 Å². The van der Waals surface area contributed by atoms with Crippen molar-refractivity contribution < 1.29 is 38.3 Å². The second-order valence-electron chi connectivity index (χ2n) is 17.1. The van der Waals surface area contributed by atoms with Crippen molar-refractivity contribution in [3.8, 4) is 0 Å². The number of Topliss-reactive ketones (excluding diaryl/α,β-unsaturated/α-hetero) is 1. The predicted octanol–water partition coefficient (Wildman–Crippen LogP) is 3.83. The van der Waals surface area contributed by atoms with Gasteiger partial charge in [0.15, 0.2) is 5.78 Å². The summed E-state index contributed by atoms with van der Waals surface area (Å²) in [6, 6.07) is 6.32. The van der Waals surface area contributed by atoms with E-state index < -0.39 is 48.3 Å². The van der Waals surface area contributed by atoms with E-state index in [9.17, 15) is 24.0 Å². The molecule has 1 aromatic rings. The molecule has 0 aromatic heterocycles. The Morgan fingerprint density at radius 3 is 2.05 bits per heavy atom. The van der Waals surface area contributed by atoms with E-state index in [1.807, 2.05) is 78.8 Å². The number of methoxy groups -OCH3 is 2. The number of likely N-dealkylation sites (N-methyl/N-ethyl adjacent to an activating group) is 2. The summed E-state index contributed by atoms with van der Waals surface area (Å²) in [6.45, 7) is 16.4. The monoisotopic (exact) mass is 815 g/mol. The lowest BCUT2D eigenvalue weighted by molar-refractivity contribution is -0.200. The van der Waals surface area contributed by atoms with Crippen molar-refractivity contribution in [2.45, 2.75) is 148 Å². The molecule has 0 spiro atoms. The molecule has 4 amide bonds. The van der Waals surface area contributed by atoms with Crippen LogP contribution in [0.15, 0.2) is 30.3 Å². The summed E-state index contributed by atoms with van der Waals surface area (Å²) in [5.41, 5.74) is 0.921. The van der Waals surface area contributed by atoms with Gasteiger partial charge in [0.1, 0.15) is 12.1 Å². The summed E-state index contributed by atoms with van der Waals surface area (Å²) >= 11 is 0. The smallest absolute Gasteiger partial charge is 0.269 e. The van der Waals surface area contributed by atoms with Crippen molar-refractivity contribution in [2.75, 3.05) is 41.5 Å². The molecule has 4 N–H and O–H groups in total. The molecule has 2 aliphatic heterocycles. The molecule has 2 aliphatic rings. The van der Waals surface area contributed by atoms with Crippen LogP contribution in [0.4, 0.5) is 0 Å². The summed E-state index contributed by atoms with van der Waals surface area (Å²) in [4.78, 5) is 76.5. The average Bonchev–Trinajstić information content (AvgIpc) is 3.71. The molecule has 0 aliphatic carbocycles. The van der Waals surface area contributed by atoms with Gasteiger partial charge < -0.3 is 35.6 Å². The number of ketones is 1.